The van der Waals surface area contributed by atoms with Gasteiger partial charge in [0.2, 0.25) is 0 Å². The van der Waals surface area contributed by atoms with E-state index in [0.29, 0.717) is 0 Å². The van der Waals surface area contributed by atoms with Crippen LogP contribution in [0.1, 0.15) is 25.7 Å². The van der Waals surface area contributed by atoms with Gasteiger partial charge in [-0.3, -0.25) is 0 Å². The lowest BCUT2D eigenvalue weighted by atomic mass is 9.77. The van der Waals surface area contributed by atoms with Crippen LogP contribution in [0, 0.1) is 11.8 Å². The number of hydrogen-bond donors (Lipinski definition) is 0. The summed E-state index contributed by atoms with van der Waals surface area (Å²) in [6.07, 6.45) is 4.87. The van der Waals surface area contributed by atoms with Crippen molar-refractivity contribution in [2.45, 2.75) is 25.7 Å². The normalized spacial score (nSPS) is 39.3. The van der Waals surface area contributed by atoms with Crippen LogP contribution in [0.3, 0.4) is 0 Å². The molecular formula is C7H10N2. The Morgan fingerprint density at radius 3 is 2.11 bits per heavy atom. The second-order valence-corrected chi connectivity index (χ2v) is 3.17. The molecule has 2 aliphatic carbocycles. The van der Waals surface area contributed by atoms with Crippen molar-refractivity contribution in [2.24, 2.45) is 11.8 Å². The van der Waals surface area contributed by atoms with Crippen molar-refractivity contribution in [3.63, 3.8) is 0 Å². The highest BCUT2D eigenvalue weighted by atomic mass is 14.9. The lowest BCUT2D eigenvalue weighted by Crippen LogP contribution is -2.18. The molecule has 0 saturated heterocycles. The first-order chi connectivity index (χ1) is 4.40. The van der Waals surface area contributed by atoms with Crippen molar-refractivity contribution in [1.29, 1.82) is 0 Å². The number of nitrogens with zero attached hydrogens (tertiary/aromatic N) is 2. The SMILES string of the molecule is [N-]=[N+]=C1C[C@H]2CC[C@H]2C1. The van der Waals surface area contributed by atoms with E-state index in [2.05, 4.69) is 4.79 Å². The molecule has 9 heavy (non-hydrogen) atoms. The molecule has 0 aromatic rings. The number of fused-ring (bicyclic) bond motifs is 1. The van der Waals surface area contributed by atoms with Gasteiger partial charge in [0, 0.05) is 12.8 Å². The summed E-state index contributed by atoms with van der Waals surface area (Å²) >= 11 is 0. The van der Waals surface area contributed by atoms with Gasteiger partial charge in [-0.15, -0.1) is 0 Å². The van der Waals surface area contributed by atoms with E-state index in [4.69, 9.17) is 5.53 Å². The van der Waals surface area contributed by atoms with Crippen molar-refractivity contribution in [3.05, 3.63) is 5.53 Å². The molecule has 0 amide bonds. The van der Waals surface area contributed by atoms with Gasteiger partial charge in [-0.05, 0) is 24.7 Å². The molecular weight excluding hydrogens is 112 g/mol. The summed E-state index contributed by atoms with van der Waals surface area (Å²) < 4.78 is 0. The molecule has 0 aliphatic heterocycles. The molecule has 0 spiro atoms. The first-order valence-electron chi connectivity index (χ1n) is 3.60. The lowest BCUT2D eigenvalue weighted by molar-refractivity contribution is -0.00953. The van der Waals surface area contributed by atoms with Crippen LogP contribution in [-0.4, -0.2) is 10.5 Å². The molecule has 0 N–H and O–H groups in total. The summed E-state index contributed by atoms with van der Waals surface area (Å²) in [7, 11) is 0. The fourth-order valence-corrected chi connectivity index (χ4v) is 1.95. The molecule has 2 heteroatoms. The Labute approximate surface area is 54.5 Å². The van der Waals surface area contributed by atoms with Crippen LogP contribution in [0.4, 0.5) is 0 Å². The monoisotopic (exact) mass is 122 g/mol. The molecule has 2 aliphatic rings. The Bertz CT molecular complexity index is 165. The van der Waals surface area contributed by atoms with Gasteiger partial charge in [-0.1, -0.05) is 0 Å². The fraction of sp³-hybridized carbons (Fsp3) is 0.857. The molecule has 0 bridgehead atoms. The molecule has 2 rings (SSSR count). The fourth-order valence-electron chi connectivity index (χ4n) is 1.95. The quantitative estimate of drug-likeness (QED) is 0.344. The van der Waals surface area contributed by atoms with Crippen molar-refractivity contribution in [2.75, 3.05) is 0 Å². The highest BCUT2D eigenvalue weighted by Gasteiger charge is 2.41. The number of hydrogen-bond acceptors (Lipinski definition) is 0. The van der Waals surface area contributed by atoms with Gasteiger partial charge in [0.25, 0.3) is 5.71 Å². The van der Waals surface area contributed by atoms with Crippen molar-refractivity contribution in [3.8, 4) is 0 Å². The Morgan fingerprint density at radius 2 is 1.78 bits per heavy atom. The van der Waals surface area contributed by atoms with Crippen molar-refractivity contribution in [1.82, 2.24) is 0 Å². The molecule has 0 unspecified atom stereocenters. The zero-order valence-corrected chi connectivity index (χ0v) is 5.38. The first-order valence-corrected chi connectivity index (χ1v) is 3.60. The minimum atomic E-state index is 0.885. The van der Waals surface area contributed by atoms with Gasteiger partial charge in [0.1, 0.15) is 0 Å². The standard InChI is InChI=1S/C7H10N2/c8-9-7-3-5-1-2-6(5)4-7/h5-6H,1-4H2/t5-,6+. The molecule has 2 nitrogen and oxygen atoms in total. The third kappa shape index (κ3) is 0.632. The average molecular weight is 122 g/mol. The van der Waals surface area contributed by atoms with Crippen molar-refractivity contribution >= 4 is 5.71 Å². The van der Waals surface area contributed by atoms with Crippen LogP contribution >= 0.6 is 0 Å². The summed E-state index contributed by atoms with van der Waals surface area (Å²) in [6.45, 7) is 0. The predicted octanol–water partition coefficient (Wildman–Crippen LogP) is 1.48. The van der Waals surface area contributed by atoms with Crippen LogP contribution in [0.5, 0.6) is 0 Å². The van der Waals surface area contributed by atoms with E-state index in [0.717, 1.165) is 30.4 Å². The van der Waals surface area contributed by atoms with Crippen LogP contribution < -0.4 is 0 Å². The summed E-state index contributed by atoms with van der Waals surface area (Å²) in [5.41, 5.74) is 9.45. The average Bonchev–Trinajstić information content (AvgIpc) is 2.10. The predicted molar refractivity (Wildman–Crippen MR) is 34.1 cm³/mol. The molecule has 48 valence electrons. The summed E-state index contributed by atoms with van der Waals surface area (Å²) in [5, 5.41) is 0. The van der Waals surface area contributed by atoms with Crippen LogP contribution in [0.15, 0.2) is 0 Å². The maximum Gasteiger partial charge on any atom is 0.269 e. The maximum absolute atomic E-state index is 8.42. The number of rotatable bonds is 0. The van der Waals surface area contributed by atoms with Gasteiger partial charge in [0.05, 0.1) is 0 Å². The van der Waals surface area contributed by atoms with E-state index in [1.807, 2.05) is 0 Å². The van der Waals surface area contributed by atoms with Gasteiger partial charge >= 0.3 is 0 Å². The molecule has 2 fully saturated rings. The molecule has 0 radical (unpaired) electrons. The Balaban J connectivity index is 2.15. The van der Waals surface area contributed by atoms with Crippen LogP contribution in [-0.2, 0) is 0 Å². The van der Waals surface area contributed by atoms with E-state index in [-0.39, 0.29) is 0 Å². The zero-order valence-electron chi connectivity index (χ0n) is 5.38. The Morgan fingerprint density at radius 1 is 1.22 bits per heavy atom. The summed E-state index contributed by atoms with van der Waals surface area (Å²) in [6, 6.07) is 0. The molecule has 0 aromatic heterocycles. The van der Waals surface area contributed by atoms with Gasteiger partial charge in [0.15, 0.2) is 0 Å². The minimum Gasteiger partial charge on any atom is -0.362 e. The van der Waals surface area contributed by atoms with Crippen molar-refractivity contribution < 1.29 is 4.79 Å². The van der Waals surface area contributed by atoms with E-state index < -0.39 is 0 Å². The second kappa shape index (κ2) is 1.68. The molecule has 2 saturated carbocycles. The first kappa shape index (κ1) is 5.19. The zero-order chi connectivity index (χ0) is 6.27. The molecule has 0 aromatic carbocycles. The molecule has 2 atom stereocenters. The van der Waals surface area contributed by atoms with E-state index in [9.17, 15) is 0 Å². The topological polar surface area (TPSA) is 36.4 Å². The lowest BCUT2D eigenvalue weighted by Gasteiger charge is -2.27. The van der Waals surface area contributed by atoms with Gasteiger partial charge in [-0.2, -0.15) is 4.79 Å². The second-order valence-electron chi connectivity index (χ2n) is 3.17. The summed E-state index contributed by atoms with van der Waals surface area (Å²) in [4.78, 5) is 3.24. The molecule has 0 heterocycles. The Kier molecular flexibility index (Phi) is 0.967. The largest absolute Gasteiger partial charge is 0.362 e. The maximum atomic E-state index is 8.42. The van der Waals surface area contributed by atoms with E-state index in [1.54, 1.807) is 0 Å². The summed E-state index contributed by atoms with van der Waals surface area (Å²) in [5.74, 6) is 1.77. The highest BCUT2D eigenvalue weighted by Crippen LogP contribution is 2.44. The van der Waals surface area contributed by atoms with Gasteiger partial charge in [-0.25, -0.2) is 0 Å². The van der Waals surface area contributed by atoms with Crippen LogP contribution in [0.2, 0.25) is 0 Å². The van der Waals surface area contributed by atoms with Gasteiger partial charge < -0.3 is 5.53 Å². The van der Waals surface area contributed by atoms with E-state index >= 15 is 0 Å². The van der Waals surface area contributed by atoms with E-state index in [1.165, 1.54) is 12.8 Å². The minimum absolute atomic E-state index is 0.885. The Hall–Kier alpha value is -0.620. The van der Waals surface area contributed by atoms with Crippen LogP contribution in [0.25, 0.3) is 5.53 Å². The smallest absolute Gasteiger partial charge is 0.269 e. The highest BCUT2D eigenvalue weighted by molar-refractivity contribution is 5.82. The third-order valence-electron chi connectivity index (χ3n) is 2.71. The third-order valence-corrected chi connectivity index (χ3v) is 2.71.